The Bertz CT molecular complexity index is 1000. The summed E-state index contributed by atoms with van der Waals surface area (Å²) in [5.41, 5.74) is 1.46. The lowest BCUT2D eigenvalue weighted by atomic mass is 10.1. The molecule has 6 nitrogen and oxygen atoms in total. The standard InChI is InChI=1S/C21H15ClN2O4/c22-16-10-11-23-18(12-16)21(27)28-13-19(25)14-6-8-17(9-7-14)24-20(26)15-4-2-1-3-5-15/h1-12H,13H2,(H,24,26). The van der Waals surface area contributed by atoms with Crippen molar-refractivity contribution in [2.24, 2.45) is 0 Å². The van der Waals surface area contributed by atoms with Gasteiger partial charge in [-0.05, 0) is 48.5 Å². The van der Waals surface area contributed by atoms with Crippen molar-refractivity contribution in [2.75, 3.05) is 11.9 Å². The van der Waals surface area contributed by atoms with Gasteiger partial charge >= 0.3 is 5.97 Å². The summed E-state index contributed by atoms with van der Waals surface area (Å²) in [6.45, 7) is -0.428. The van der Waals surface area contributed by atoms with Crippen LogP contribution in [0.25, 0.3) is 0 Å². The number of nitrogens with one attached hydrogen (secondary N) is 1. The van der Waals surface area contributed by atoms with E-state index in [9.17, 15) is 14.4 Å². The molecule has 1 amide bonds. The highest BCUT2D eigenvalue weighted by molar-refractivity contribution is 6.30. The predicted octanol–water partition coefficient (Wildman–Crippen LogP) is 4.03. The molecular formula is C21H15ClN2O4. The molecule has 0 saturated carbocycles. The number of Topliss-reactive ketones (excluding diaryl/α,β-unsaturated/α-hetero) is 1. The Labute approximate surface area is 166 Å². The maximum absolute atomic E-state index is 12.2. The summed E-state index contributed by atoms with van der Waals surface area (Å²) in [5, 5.41) is 3.09. The minimum Gasteiger partial charge on any atom is -0.453 e. The monoisotopic (exact) mass is 394 g/mol. The first kappa shape index (κ1) is 19.3. The Kier molecular flexibility index (Phi) is 6.14. The van der Waals surface area contributed by atoms with Crippen molar-refractivity contribution in [1.82, 2.24) is 4.98 Å². The summed E-state index contributed by atoms with van der Waals surface area (Å²) in [5.74, 6) is -1.36. The lowest BCUT2D eigenvalue weighted by Crippen LogP contribution is -2.15. The van der Waals surface area contributed by atoms with Crippen LogP contribution in [0.1, 0.15) is 31.2 Å². The van der Waals surface area contributed by atoms with E-state index >= 15 is 0 Å². The van der Waals surface area contributed by atoms with Crippen LogP contribution in [0.15, 0.2) is 72.9 Å². The molecule has 1 heterocycles. The average molecular weight is 395 g/mol. The maximum atomic E-state index is 12.2. The fourth-order valence-electron chi connectivity index (χ4n) is 2.34. The number of hydrogen-bond donors (Lipinski definition) is 1. The van der Waals surface area contributed by atoms with Crippen LogP contribution in [0, 0.1) is 0 Å². The van der Waals surface area contributed by atoms with E-state index < -0.39 is 12.6 Å². The van der Waals surface area contributed by atoms with E-state index in [-0.39, 0.29) is 17.4 Å². The van der Waals surface area contributed by atoms with Crippen molar-refractivity contribution < 1.29 is 19.1 Å². The van der Waals surface area contributed by atoms with Gasteiger partial charge in [-0.2, -0.15) is 0 Å². The molecule has 28 heavy (non-hydrogen) atoms. The van der Waals surface area contributed by atoms with Crippen molar-refractivity contribution in [2.45, 2.75) is 0 Å². The molecule has 0 spiro atoms. The van der Waals surface area contributed by atoms with Gasteiger partial charge in [0.05, 0.1) is 0 Å². The van der Waals surface area contributed by atoms with Crippen LogP contribution in [-0.2, 0) is 4.74 Å². The minimum atomic E-state index is -0.734. The highest BCUT2D eigenvalue weighted by Crippen LogP contribution is 2.13. The van der Waals surface area contributed by atoms with Gasteiger partial charge in [0.1, 0.15) is 5.69 Å². The number of amides is 1. The SMILES string of the molecule is O=C(COC(=O)c1cc(Cl)ccn1)c1ccc(NC(=O)c2ccccc2)cc1. The zero-order valence-electron chi connectivity index (χ0n) is 14.6. The molecule has 0 bridgehead atoms. The van der Waals surface area contributed by atoms with Crippen LogP contribution in [0.3, 0.4) is 0 Å². The Balaban J connectivity index is 1.56. The molecular weight excluding hydrogens is 380 g/mol. The molecule has 3 rings (SSSR count). The topological polar surface area (TPSA) is 85.4 Å². The molecule has 140 valence electrons. The van der Waals surface area contributed by atoms with Gasteiger partial charge in [-0.25, -0.2) is 9.78 Å². The average Bonchev–Trinajstić information content (AvgIpc) is 2.73. The summed E-state index contributed by atoms with van der Waals surface area (Å²) in [4.78, 5) is 40.1. The number of ketones is 1. The van der Waals surface area contributed by atoms with Gasteiger partial charge in [-0.1, -0.05) is 29.8 Å². The van der Waals surface area contributed by atoms with E-state index in [2.05, 4.69) is 10.3 Å². The van der Waals surface area contributed by atoms with Crippen LogP contribution in [0.5, 0.6) is 0 Å². The van der Waals surface area contributed by atoms with Gasteiger partial charge in [0.2, 0.25) is 0 Å². The number of esters is 1. The first-order valence-corrected chi connectivity index (χ1v) is 8.69. The Morgan fingerprint density at radius 2 is 1.64 bits per heavy atom. The highest BCUT2D eigenvalue weighted by atomic mass is 35.5. The molecule has 0 aliphatic carbocycles. The molecule has 1 aromatic heterocycles. The zero-order valence-corrected chi connectivity index (χ0v) is 15.3. The lowest BCUT2D eigenvalue weighted by Gasteiger charge is -2.07. The molecule has 0 aliphatic heterocycles. The number of pyridine rings is 1. The first-order valence-electron chi connectivity index (χ1n) is 8.31. The van der Waals surface area contributed by atoms with Gasteiger partial charge in [0, 0.05) is 28.0 Å². The second-order valence-corrected chi connectivity index (χ2v) is 6.19. The third-order valence-corrected chi connectivity index (χ3v) is 4.00. The van der Waals surface area contributed by atoms with Crippen molar-refractivity contribution in [3.05, 3.63) is 94.8 Å². The summed E-state index contributed by atoms with van der Waals surface area (Å²) in [6, 6.07) is 18.0. The van der Waals surface area contributed by atoms with Crippen molar-refractivity contribution in [3.63, 3.8) is 0 Å². The van der Waals surface area contributed by atoms with Gasteiger partial charge in [0.15, 0.2) is 12.4 Å². The second kappa shape index (κ2) is 8.92. The Hall–Kier alpha value is -3.51. The fourth-order valence-corrected chi connectivity index (χ4v) is 2.50. The van der Waals surface area contributed by atoms with Crippen LogP contribution >= 0.6 is 11.6 Å². The Morgan fingerprint density at radius 3 is 2.32 bits per heavy atom. The molecule has 0 radical (unpaired) electrons. The van der Waals surface area contributed by atoms with E-state index in [1.54, 1.807) is 48.5 Å². The second-order valence-electron chi connectivity index (χ2n) is 5.76. The number of anilines is 1. The van der Waals surface area contributed by atoms with Gasteiger partial charge in [-0.3, -0.25) is 9.59 Å². The molecule has 0 fully saturated rings. The van der Waals surface area contributed by atoms with E-state index in [1.807, 2.05) is 6.07 Å². The molecule has 7 heteroatoms. The van der Waals surface area contributed by atoms with Crippen LogP contribution in [0.2, 0.25) is 5.02 Å². The predicted molar refractivity (Wildman–Crippen MR) is 105 cm³/mol. The van der Waals surface area contributed by atoms with E-state index in [1.165, 1.54) is 18.3 Å². The van der Waals surface area contributed by atoms with Gasteiger partial charge in [-0.15, -0.1) is 0 Å². The van der Waals surface area contributed by atoms with Gasteiger partial charge < -0.3 is 10.1 Å². The number of nitrogens with zero attached hydrogens (tertiary/aromatic N) is 1. The number of aromatic nitrogens is 1. The number of hydrogen-bond acceptors (Lipinski definition) is 5. The largest absolute Gasteiger partial charge is 0.453 e. The summed E-state index contributed by atoms with van der Waals surface area (Å²) in [6.07, 6.45) is 1.38. The van der Waals surface area contributed by atoms with Crippen LogP contribution in [-0.4, -0.2) is 29.3 Å². The molecule has 0 atom stereocenters. The number of carbonyl (C=O) groups is 3. The molecule has 0 unspecified atom stereocenters. The summed E-state index contributed by atoms with van der Waals surface area (Å²) in [7, 11) is 0. The smallest absolute Gasteiger partial charge is 0.357 e. The van der Waals surface area contributed by atoms with E-state index in [0.717, 1.165) is 0 Å². The number of halogens is 1. The van der Waals surface area contributed by atoms with Crippen molar-refractivity contribution in [3.8, 4) is 0 Å². The summed E-state index contributed by atoms with van der Waals surface area (Å²) >= 11 is 5.79. The minimum absolute atomic E-state index is 0.0271. The van der Waals surface area contributed by atoms with Crippen molar-refractivity contribution >= 4 is 34.9 Å². The normalized spacial score (nSPS) is 10.2. The zero-order chi connectivity index (χ0) is 19.9. The van der Waals surface area contributed by atoms with E-state index in [4.69, 9.17) is 16.3 Å². The van der Waals surface area contributed by atoms with Gasteiger partial charge in [0.25, 0.3) is 5.91 Å². The molecule has 3 aromatic rings. The maximum Gasteiger partial charge on any atom is 0.357 e. The first-order chi connectivity index (χ1) is 13.5. The third kappa shape index (κ3) is 5.02. The van der Waals surface area contributed by atoms with Crippen molar-refractivity contribution in [1.29, 1.82) is 0 Å². The number of benzene rings is 2. The van der Waals surface area contributed by atoms with Crippen LogP contribution < -0.4 is 5.32 Å². The van der Waals surface area contributed by atoms with Crippen LogP contribution in [0.4, 0.5) is 5.69 Å². The number of ether oxygens (including phenoxy) is 1. The fraction of sp³-hybridized carbons (Fsp3) is 0.0476. The molecule has 0 saturated heterocycles. The molecule has 0 aliphatic rings. The quantitative estimate of drug-likeness (QED) is 0.504. The number of rotatable bonds is 6. The lowest BCUT2D eigenvalue weighted by molar-refractivity contribution is 0.0469. The van der Waals surface area contributed by atoms with E-state index in [0.29, 0.717) is 21.8 Å². The Morgan fingerprint density at radius 1 is 0.929 bits per heavy atom. The highest BCUT2D eigenvalue weighted by Gasteiger charge is 2.13. The molecule has 2 aromatic carbocycles. The summed E-state index contributed by atoms with van der Waals surface area (Å²) < 4.78 is 4.97. The third-order valence-electron chi connectivity index (χ3n) is 3.77. The molecule has 1 N–H and O–H groups in total. The number of carbonyl (C=O) groups excluding carboxylic acids is 3.